The van der Waals surface area contributed by atoms with E-state index in [0.717, 1.165) is 25.3 Å². The van der Waals surface area contributed by atoms with E-state index in [1.165, 1.54) is 11.6 Å². The molecule has 6 heteroatoms. The molecule has 2 aromatic carbocycles. The highest BCUT2D eigenvalue weighted by molar-refractivity contribution is 7.97. The summed E-state index contributed by atoms with van der Waals surface area (Å²) in [5, 5.41) is 5.32. The fraction of sp³-hybridized carbons (Fsp3) is 0.190. The highest BCUT2D eigenvalue weighted by Gasteiger charge is 2.11. The first kappa shape index (κ1) is 19.3. The van der Waals surface area contributed by atoms with Gasteiger partial charge in [0.05, 0.1) is 11.5 Å². The summed E-state index contributed by atoms with van der Waals surface area (Å²) in [5.41, 5.74) is 2.01. The van der Waals surface area contributed by atoms with Gasteiger partial charge in [0, 0.05) is 18.0 Å². The first-order valence-corrected chi connectivity index (χ1v) is 9.53. The maximum atomic E-state index is 14.2. The first-order valence-electron chi connectivity index (χ1n) is 8.65. The molecular formula is C21H20F2N2OS. The van der Waals surface area contributed by atoms with E-state index in [9.17, 15) is 8.78 Å². The lowest BCUT2D eigenvalue weighted by Crippen LogP contribution is -1.98. The number of hydrogen-bond donors (Lipinski definition) is 1. The lowest BCUT2D eigenvalue weighted by atomic mass is 10.0. The highest BCUT2D eigenvalue weighted by atomic mass is 32.2. The highest BCUT2D eigenvalue weighted by Crippen LogP contribution is 2.29. The Hall–Kier alpha value is -2.44. The molecule has 0 atom stereocenters. The van der Waals surface area contributed by atoms with Crippen LogP contribution < -0.4 is 9.88 Å². The molecule has 0 radical (unpaired) electrons. The van der Waals surface area contributed by atoms with Crippen LogP contribution in [-0.2, 0) is 6.42 Å². The van der Waals surface area contributed by atoms with Crippen molar-refractivity contribution in [3.63, 3.8) is 0 Å². The minimum atomic E-state index is -0.534. The van der Waals surface area contributed by atoms with Gasteiger partial charge < -0.3 is 4.74 Å². The first-order chi connectivity index (χ1) is 13.2. The van der Waals surface area contributed by atoms with Crippen molar-refractivity contribution in [1.82, 2.24) is 4.98 Å². The van der Waals surface area contributed by atoms with E-state index in [2.05, 4.69) is 11.1 Å². The third-order valence-electron chi connectivity index (χ3n) is 4.17. The van der Waals surface area contributed by atoms with Crippen LogP contribution >= 0.6 is 11.9 Å². The molecule has 140 valence electrons. The van der Waals surface area contributed by atoms with E-state index >= 15 is 0 Å². The quantitative estimate of drug-likeness (QED) is 0.416. The second-order valence-electron chi connectivity index (χ2n) is 6.07. The van der Waals surface area contributed by atoms with Crippen LogP contribution in [0.4, 0.5) is 8.78 Å². The number of aryl methyl sites for hydroxylation is 1. The summed E-state index contributed by atoms with van der Waals surface area (Å²) in [5.74, 6) is -0.337. The number of nitrogens with zero attached hydrogens (tertiary/aromatic N) is 1. The smallest absolute Gasteiger partial charge is 0.138 e. The van der Waals surface area contributed by atoms with Crippen molar-refractivity contribution >= 4 is 11.9 Å². The van der Waals surface area contributed by atoms with Gasteiger partial charge in [-0.2, -0.15) is 0 Å². The van der Waals surface area contributed by atoms with Crippen LogP contribution in [0.25, 0.3) is 11.1 Å². The van der Waals surface area contributed by atoms with Gasteiger partial charge in [0.25, 0.3) is 0 Å². The van der Waals surface area contributed by atoms with E-state index in [1.807, 2.05) is 12.3 Å². The van der Waals surface area contributed by atoms with Crippen LogP contribution in [0, 0.1) is 11.6 Å². The Balaban J connectivity index is 1.52. The molecule has 1 aromatic heterocycles. The van der Waals surface area contributed by atoms with Gasteiger partial charge in [0.15, 0.2) is 0 Å². The topological polar surface area (TPSA) is 48.1 Å². The molecule has 3 aromatic rings. The Morgan fingerprint density at radius 1 is 1.00 bits per heavy atom. The molecule has 0 saturated heterocycles. The van der Waals surface area contributed by atoms with Crippen molar-refractivity contribution in [2.24, 2.45) is 5.14 Å². The van der Waals surface area contributed by atoms with Crippen molar-refractivity contribution in [3.8, 4) is 16.9 Å². The summed E-state index contributed by atoms with van der Waals surface area (Å²) >= 11 is 0.689. The number of unbranched alkanes of at least 4 members (excludes halogenated alkanes) is 1. The van der Waals surface area contributed by atoms with Crippen LogP contribution in [0.3, 0.4) is 0 Å². The fourth-order valence-electron chi connectivity index (χ4n) is 2.74. The van der Waals surface area contributed by atoms with Crippen molar-refractivity contribution in [3.05, 3.63) is 78.1 Å². The normalized spacial score (nSPS) is 10.8. The van der Waals surface area contributed by atoms with E-state index in [4.69, 9.17) is 9.88 Å². The molecule has 0 aliphatic rings. The molecule has 0 amide bonds. The molecule has 0 saturated carbocycles. The van der Waals surface area contributed by atoms with Crippen LogP contribution in [0.1, 0.15) is 18.4 Å². The molecule has 0 fully saturated rings. The number of hydrogen-bond acceptors (Lipinski definition) is 4. The Morgan fingerprint density at radius 3 is 2.52 bits per heavy atom. The largest absolute Gasteiger partial charge is 0.494 e. The molecule has 0 bridgehead atoms. The van der Waals surface area contributed by atoms with Crippen LogP contribution in [0.2, 0.25) is 0 Å². The Kier molecular flexibility index (Phi) is 6.79. The summed E-state index contributed by atoms with van der Waals surface area (Å²) in [6.07, 6.45) is 6.55. The van der Waals surface area contributed by atoms with Crippen molar-refractivity contribution in [2.75, 3.05) is 6.61 Å². The minimum absolute atomic E-state index is 0.0856. The summed E-state index contributed by atoms with van der Waals surface area (Å²) in [6.45, 7) is 0.602. The summed E-state index contributed by atoms with van der Waals surface area (Å²) < 4.78 is 33.7. The Labute approximate surface area is 161 Å². The van der Waals surface area contributed by atoms with Gasteiger partial charge in [-0.25, -0.2) is 8.78 Å². The van der Waals surface area contributed by atoms with E-state index in [-0.39, 0.29) is 10.5 Å². The SMILES string of the molecule is NSc1cc(F)c(-c2ccc(OCCCCc3cccnc3)cc2)cc1F. The standard InChI is InChI=1S/C21H20F2N2OS/c22-19-13-21(27-24)20(23)12-18(19)16-6-8-17(9-7-16)26-11-2-1-4-15-5-3-10-25-14-15/h3,5-10,12-14H,1-2,4,11,24H2. The Morgan fingerprint density at radius 2 is 1.81 bits per heavy atom. The van der Waals surface area contributed by atoms with E-state index < -0.39 is 11.6 Å². The number of pyridine rings is 1. The predicted octanol–water partition coefficient (Wildman–Crippen LogP) is 5.39. The molecule has 0 aliphatic heterocycles. The second-order valence-corrected chi connectivity index (χ2v) is 6.75. The molecule has 0 spiro atoms. The van der Waals surface area contributed by atoms with Gasteiger partial charge in [-0.15, -0.1) is 0 Å². The average Bonchev–Trinajstić information content (AvgIpc) is 2.70. The number of halogens is 2. The molecule has 3 nitrogen and oxygen atoms in total. The Bertz CT molecular complexity index is 873. The lowest BCUT2D eigenvalue weighted by Gasteiger charge is -2.09. The maximum Gasteiger partial charge on any atom is 0.138 e. The number of nitrogens with two attached hydrogens (primary N) is 1. The van der Waals surface area contributed by atoms with Gasteiger partial charge in [0.2, 0.25) is 0 Å². The zero-order valence-electron chi connectivity index (χ0n) is 14.7. The molecule has 0 aliphatic carbocycles. The van der Waals surface area contributed by atoms with E-state index in [0.29, 0.717) is 29.9 Å². The summed E-state index contributed by atoms with van der Waals surface area (Å²) in [6, 6.07) is 13.2. The van der Waals surface area contributed by atoms with Crippen molar-refractivity contribution < 1.29 is 13.5 Å². The minimum Gasteiger partial charge on any atom is -0.494 e. The summed E-state index contributed by atoms with van der Waals surface area (Å²) in [7, 11) is 0. The third-order valence-corrected chi connectivity index (χ3v) is 4.73. The molecule has 0 unspecified atom stereocenters. The number of benzene rings is 2. The number of rotatable bonds is 8. The molecule has 2 N–H and O–H groups in total. The average molecular weight is 386 g/mol. The third kappa shape index (κ3) is 5.28. The van der Waals surface area contributed by atoms with Gasteiger partial charge in [-0.3, -0.25) is 10.1 Å². The van der Waals surface area contributed by atoms with Crippen molar-refractivity contribution in [1.29, 1.82) is 0 Å². The molecular weight excluding hydrogens is 366 g/mol. The van der Waals surface area contributed by atoms with Gasteiger partial charge in [-0.1, -0.05) is 18.2 Å². The fourth-order valence-corrected chi connectivity index (χ4v) is 3.08. The van der Waals surface area contributed by atoms with Crippen LogP contribution in [-0.4, -0.2) is 11.6 Å². The molecule has 27 heavy (non-hydrogen) atoms. The summed E-state index contributed by atoms with van der Waals surface area (Å²) in [4.78, 5) is 4.18. The molecule has 1 heterocycles. The monoisotopic (exact) mass is 386 g/mol. The van der Waals surface area contributed by atoms with Gasteiger partial charge in [0.1, 0.15) is 17.4 Å². The maximum absolute atomic E-state index is 14.2. The van der Waals surface area contributed by atoms with Gasteiger partial charge in [-0.05, 0) is 72.7 Å². The predicted molar refractivity (Wildman–Crippen MR) is 105 cm³/mol. The zero-order valence-corrected chi connectivity index (χ0v) is 15.5. The van der Waals surface area contributed by atoms with E-state index in [1.54, 1.807) is 30.5 Å². The van der Waals surface area contributed by atoms with Crippen molar-refractivity contribution in [2.45, 2.75) is 24.2 Å². The second kappa shape index (κ2) is 9.48. The number of ether oxygens (including phenoxy) is 1. The van der Waals surface area contributed by atoms with Crippen LogP contribution in [0.15, 0.2) is 65.8 Å². The molecule has 3 rings (SSSR count). The number of aromatic nitrogens is 1. The van der Waals surface area contributed by atoms with Crippen LogP contribution in [0.5, 0.6) is 5.75 Å². The van der Waals surface area contributed by atoms with Gasteiger partial charge >= 0.3 is 0 Å². The lowest BCUT2D eigenvalue weighted by molar-refractivity contribution is 0.307. The zero-order chi connectivity index (χ0) is 19.1.